The maximum atomic E-state index is 9.45. The predicted octanol–water partition coefficient (Wildman–Crippen LogP) is 4.55. The largest absolute Gasteiger partial charge is 0.337 e. The van der Waals surface area contributed by atoms with E-state index >= 15 is 0 Å². The average molecular weight is 287 g/mol. The van der Waals surface area contributed by atoms with E-state index in [1.54, 1.807) is 0 Å². The zero-order valence-electron chi connectivity index (χ0n) is 12.9. The number of rotatable bonds is 2. The first-order valence-corrected chi connectivity index (χ1v) is 7.22. The first kappa shape index (κ1) is 14.1. The minimum Gasteiger partial charge on any atom is -0.337 e. The molecule has 0 fully saturated rings. The van der Waals surface area contributed by atoms with Crippen molar-refractivity contribution in [3.8, 4) is 6.07 Å². The Kier molecular flexibility index (Phi) is 3.52. The highest BCUT2D eigenvalue weighted by atomic mass is 14.9. The lowest BCUT2D eigenvalue weighted by atomic mass is 10.1. The molecule has 0 saturated heterocycles. The number of nitrogens with zero attached hydrogens (tertiary/aromatic N) is 2. The number of aromatic amines is 1. The van der Waals surface area contributed by atoms with Gasteiger partial charge in [-0.1, -0.05) is 29.8 Å². The van der Waals surface area contributed by atoms with E-state index in [1.807, 2.05) is 43.3 Å². The van der Waals surface area contributed by atoms with E-state index in [2.05, 4.69) is 36.0 Å². The summed E-state index contributed by atoms with van der Waals surface area (Å²) in [5.41, 5.74) is 7.00. The normalized spacial score (nSPS) is 11.6. The van der Waals surface area contributed by atoms with Crippen LogP contribution in [-0.4, -0.2) is 9.97 Å². The van der Waals surface area contributed by atoms with Crippen LogP contribution in [0.1, 0.15) is 28.1 Å². The highest BCUT2D eigenvalue weighted by molar-refractivity contribution is 5.90. The molecule has 0 unspecified atom stereocenters. The maximum Gasteiger partial charge on any atom is 0.149 e. The SMILES string of the molecule is Cc1ccc(/C=C(\C#N)c2nc3cc(C)c(C)cc3[nH]2)cc1. The van der Waals surface area contributed by atoms with Gasteiger partial charge in [-0.3, -0.25) is 0 Å². The predicted molar refractivity (Wildman–Crippen MR) is 90.2 cm³/mol. The van der Waals surface area contributed by atoms with E-state index in [1.165, 1.54) is 16.7 Å². The summed E-state index contributed by atoms with van der Waals surface area (Å²) in [5, 5.41) is 9.45. The molecule has 0 aliphatic heterocycles. The second kappa shape index (κ2) is 5.50. The van der Waals surface area contributed by atoms with Gasteiger partial charge in [0, 0.05) is 0 Å². The smallest absolute Gasteiger partial charge is 0.149 e. The number of H-pyrrole nitrogens is 1. The van der Waals surface area contributed by atoms with Gasteiger partial charge in [0.15, 0.2) is 0 Å². The summed E-state index contributed by atoms with van der Waals surface area (Å²) in [5.74, 6) is 0.614. The Labute approximate surface area is 129 Å². The van der Waals surface area contributed by atoms with E-state index in [9.17, 15) is 5.26 Å². The Morgan fingerprint density at radius 3 is 2.45 bits per heavy atom. The van der Waals surface area contributed by atoms with Crippen molar-refractivity contribution in [1.29, 1.82) is 5.26 Å². The highest BCUT2D eigenvalue weighted by Gasteiger charge is 2.09. The molecule has 0 amide bonds. The molecule has 3 heteroatoms. The molecule has 0 saturated carbocycles. The maximum absolute atomic E-state index is 9.45. The zero-order valence-corrected chi connectivity index (χ0v) is 12.9. The molecular formula is C19H17N3. The van der Waals surface area contributed by atoms with E-state index < -0.39 is 0 Å². The Balaban J connectivity index is 2.07. The third-order valence-corrected chi connectivity index (χ3v) is 3.86. The summed E-state index contributed by atoms with van der Waals surface area (Å²) >= 11 is 0. The summed E-state index contributed by atoms with van der Waals surface area (Å²) < 4.78 is 0. The Morgan fingerprint density at radius 1 is 1.09 bits per heavy atom. The molecule has 1 heterocycles. The number of fused-ring (bicyclic) bond motifs is 1. The summed E-state index contributed by atoms with van der Waals surface area (Å²) in [6.45, 7) is 6.18. The van der Waals surface area contributed by atoms with Gasteiger partial charge in [-0.25, -0.2) is 4.98 Å². The molecule has 3 rings (SSSR count). The number of aromatic nitrogens is 2. The number of nitrogens with one attached hydrogen (secondary N) is 1. The first-order valence-electron chi connectivity index (χ1n) is 7.22. The number of aryl methyl sites for hydroxylation is 3. The standard InChI is InChI=1S/C19H17N3/c1-12-4-6-15(7-5-12)10-16(11-20)19-21-17-8-13(2)14(3)9-18(17)22-19/h4-10H,1-3H3,(H,21,22)/b16-10+. The lowest BCUT2D eigenvalue weighted by molar-refractivity contribution is 1.27. The fraction of sp³-hybridized carbons (Fsp3) is 0.158. The molecule has 1 aromatic heterocycles. The van der Waals surface area contributed by atoms with E-state index in [0.717, 1.165) is 16.6 Å². The van der Waals surface area contributed by atoms with E-state index in [0.29, 0.717) is 11.4 Å². The number of imidazole rings is 1. The molecule has 0 aliphatic rings. The van der Waals surface area contributed by atoms with Crippen LogP contribution in [0.2, 0.25) is 0 Å². The van der Waals surface area contributed by atoms with Crippen LogP contribution in [0.25, 0.3) is 22.7 Å². The van der Waals surface area contributed by atoms with Crippen LogP contribution in [-0.2, 0) is 0 Å². The summed E-state index contributed by atoms with van der Waals surface area (Å²) in [6.07, 6.45) is 1.86. The molecule has 0 spiro atoms. The van der Waals surface area contributed by atoms with Crippen LogP contribution in [0.4, 0.5) is 0 Å². The molecule has 22 heavy (non-hydrogen) atoms. The number of allylic oxidation sites excluding steroid dienone is 1. The molecule has 0 atom stereocenters. The van der Waals surface area contributed by atoms with Gasteiger partial charge in [0.05, 0.1) is 16.6 Å². The van der Waals surface area contributed by atoms with Crippen molar-refractivity contribution >= 4 is 22.7 Å². The molecule has 2 aromatic carbocycles. The van der Waals surface area contributed by atoms with Gasteiger partial charge in [-0.2, -0.15) is 5.26 Å². The van der Waals surface area contributed by atoms with Gasteiger partial charge >= 0.3 is 0 Å². The minimum absolute atomic E-state index is 0.537. The lowest BCUT2D eigenvalue weighted by Gasteiger charge is -1.97. The van der Waals surface area contributed by atoms with Crippen LogP contribution in [0.15, 0.2) is 36.4 Å². The molecule has 3 aromatic rings. The second-order valence-electron chi connectivity index (χ2n) is 5.62. The minimum atomic E-state index is 0.537. The number of hydrogen-bond donors (Lipinski definition) is 1. The van der Waals surface area contributed by atoms with Crippen LogP contribution < -0.4 is 0 Å². The van der Waals surface area contributed by atoms with Gasteiger partial charge in [-0.15, -0.1) is 0 Å². The molecule has 108 valence electrons. The topological polar surface area (TPSA) is 52.5 Å². The number of hydrogen-bond acceptors (Lipinski definition) is 2. The van der Waals surface area contributed by atoms with Gasteiger partial charge in [0.25, 0.3) is 0 Å². The monoisotopic (exact) mass is 287 g/mol. The summed E-state index contributed by atoms with van der Waals surface area (Å²) in [6, 6.07) is 14.4. The fourth-order valence-electron chi connectivity index (χ4n) is 2.38. The van der Waals surface area contributed by atoms with Crippen molar-refractivity contribution in [3.05, 3.63) is 64.5 Å². The van der Waals surface area contributed by atoms with Gasteiger partial charge in [0.1, 0.15) is 11.9 Å². The van der Waals surface area contributed by atoms with E-state index in [4.69, 9.17) is 0 Å². The number of benzene rings is 2. The van der Waals surface area contributed by atoms with Gasteiger partial charge in [-0.05, 0) is 55.7 Å². The molecule has 0 bridgehead atoms. The lowest BCUT2D eigenvalue weighted by Crippen LogP contribution is -1.85. The van der Waals surface area contributed by atoms with Crippen LogP contribution in [0.5, 0.6) is 0 Å². The van der Waals surface area contributed by atoms with Crippen molar-refractivity contribution in [3.63, 3.8) is 0 Å². The van der Waals surface area contributed by atoms with Crippen LogP contribution in [0.3, 0.4) is 0 Å². The van der Waals surface area contributed by atoms with Gasteiger partial charge < -0.3 is 4.98 Å². The molecule has 0 aliphatic carbocycles. The quantitative estimate of drug-likeness (QED) is 0.703. The number of nitriles is 1. The highest BCUT2D eigenvalue weighted by Crippen LogP contribution is 2.22. The molecule has 0 radical (unpaired) electrons. The van der Waals surface area contributed by atoms with E-state index in [-0.39, 0.29) is 0 Å². The Morgan fingerprint density at radius 2 is 1.77 bits per heavy atom. The van der Waals surface area contributed by atoms with Crippen LogP contribution in [0, 0.1) is 32.1 Å². The van der Waals surface area contributed by atoms with Gasteiger partial charge in [0.2, 0.25) is 0 Å². The third-order valence-electron chi connectivity index (χ3n) is 3.86. The fourth-order valence-corrected chi connectivity index (χ4v) is 2.38. The molecular weight excluding hydrogens is 270 g/mol. The van der Waals surface area contributed by atoms with Crippen molar-refractivity contribution in [1.82, 2.24) is 9.97 Å². The Bertz CT molecular complexity index is 867. The van der Waals surface area contributed by atoms with Crippen molar-refractivity contribution < 1.29 is 0 Å². The van der Waals surface area contributed by atoms with Crippen molar-refractivity contribution in [2.75, 3.05) is 0 Å². The third kappa shape index (κ3) is 2.64. The van der Waals surface area contributed by atoms with Crippen molar-refractivity contribution in [2.24, 2.45) is 0 Å². The summed E-state index contributed by atoms with van der Waals surface area (Å²) in [4.78, 5) is 7.80. The van der Waals surface area contributed by atoms with Crippen LogP contribution >= 0.6 is 0 Å². The molecule has 3 nitrogen and oxygen atoms in total. The Hall–Kier alpha value is -2.86. The van der Waals surface area contributed by atoms with Crippen molar-refractivity contribution in [2.45, 2.75) is 20.8 Å². The first-order chi connectivity index (χ1) is 10.6. The average Bonchev–Trinajstić information content (AvgIpc) is 2.89. The summed E-state index contributed by atoms with van der Waals surface area (Å²) in [7, 11) is 0. The second-order valence-corrected chi connectivity index (χ2v) is 5.62. The molecule has 1 N–H and O–H groups in total. The zero-order chi connectivity index (χ0) is 15.7.